The summed E-state index contributed by atoms with van der Waals surface area (Å²) in [5.74, 6) is 0.761. The van der Waals surface area contributed by atoms with Gasteiger partial charge in [-0.25, -0.2) is 9.69 Å². The number of nitrogens with zero attached hydrogens (tertiary/aromatic N) is 1. The summed E-state index contributed by atoms with van der Waals surface area (Å²) in [6.45, 7) is 5.42. The van der Waals surface area contributed by atoms with E-state index in [1.54, 1.807) is 27.9 Å². The number of nitrogens with one attached hydrogen (secondary N) is 1. The molecule has 1 aliphatic carbocycles. The molecule has 0 unspecified atom stereocenters. The van der Waals surface area contributed by atoms with Crippen LogP contribution >= 0.6 is 0 Å². The van der Waals surface area contributed by atoms with Gasteiger partial charge in [0.2, 0.25) is 0 Å². The third kappa shape index (κ3) is 5.11. The van der Waals surface area contributed by atoms with Crippen LogP contribution in [0.5, 0.6) is 5.75 Å². The zero-order valence-corrected chi connectivity index (χ0v) is 17.8. The van der Waals surface area contributed by atoms with Gasteiger partial charge in [0.05, 0.1) is 24.9 Å². The molecule has 6 nitrogen and oxygen atoms in total. The maximum absolute atomic E-state index is 12.8. The second kappa shape index (κ2) is 8.89. The average Bonchev–Trinajstić information content (AvgIpc) is 3.07. The van der Waals surface area contributed by atoms with Crippen molar-refractivity contribution in [3.63, 3.8) is 0 Å². The van der Waals surface area contributed by atoms with E-state index in [1.165, 1.54) is 17.4 Å². The van der Waals surface area contributed by atoms with Crippen LogP contribution in [0, 0.1) is 5.92 Å². The molecule has 2 aliphatic rings. The van der Waals surface area contributed by atoms with E-state index >= 15 is 0 Å². The third-order valence-electron chi connectivity index (χ3n) is 5.52. The lowest BCUT2D eigenvalue weighted by atomic mass is 9.80. The molecule has 29 heavy (non-hydrogen) atoms. The van der Waals surface area contributed by atoms with Gasteiger partial charge in [-0.15, -0.1) is 0 Å². The van der Waals surface area contributed by atoms with Crippen LogP contribution < -0.4 is 10.1 Å². The molecule has 1 N–H and O–H groups in total. The van der Waals surface area contributed by atoms with Gasteiger partial charge in [-0.3, -0.25) is 4.79 Å². The molecule has 0 spiro atoms. The predicted molar refractivity (Wildman–Crippen MR) is 113 cm³/mol. The fourth-order valence-corrected chi connectivity index (χ4v) is 4.22. The Hall–Kier alpha value is -2.50. The molecular formula is C23H32N2O4. The van der Waals surface area contributed by atoms with Crippen LogP contribution in [-0.2, 0) is 9.53 Å². The largest absolute Gasteiger partial charge is 0.495 e. The van der Waals surface area contributed by atoms with Crippen molar-refractivity contribution < 1.29 is 19.1 Å². The summed E-state index contributed by atoms with van der Waals surface area (Å²) in [5.41, 5.74) is 0.198. The van der Waals surface area contributed by atoms with Crippen molar-refractivity contribution in [2.24, 2.45) is 5.92 Å². The third-order valence-corrected chi connectivity index (χ3v) is 5.52. The maximum atomic E-state index is 12.8. The van der Waals surface area contributed by atoms with Crippen molar-refractivity contribution in [3.8, 4) is 5.75 Å². The molecular weight excluding hydrogens is 368 g/mol. The van der Waals surface area contributed by atoms with E-state index in [0.29, 0.717) is 5.92 Å². The van der Waals surface area contributed by atoms with Gasteiger partial charge >= 0.3 is 6.09 Å². The number of hydrogen-bond acceptors (Lipinski definition) is 5. The first-order valence-electron chi connectivity index (χ1n) is 10.4. The molecule has 1 aromatic carbocycles. The van der Waals surface area contributed by atoms with E-state index < -0.39 is 17.7 Å². The summed E-state index contributed by atoms with van der Waals surface area (Å²) in [5, 5.41) is 3.60. The van der Waals surface area contributed by atoms with Crippen LogP contribution in [0.4, 0.5) is 10.5 Å². The number of carbonyl (C=O) groups is 2. The zero-order chi connectivity index (χ0) is 21.0. The second-order valence-electron chi connectivity index (χ2n) is 8.81. The van der Waals surface area contributed by atoms with Crippen molar-refractivity contribution in [1.29, 1.82) is 0 Å². The Bertz CT molecular complexity index is 762. The average molecular weight is 401 g/mol. The summed E-state index contributed by atoms with van der Waals surface area (Å²) in [4.78, 5) is 26.7. The monoisotopic (exact) mass is 400 g/mol. The fraction of sp³-hybridized carbons (Fsp3) is 0.565. The number of anilines is 1. The van der Waals surface area contributed by atoms with Gasteiger partial charge in [0.25, 0.3) is 5.91 Å². The van der Waals surface area contributed by atoms with Crippen LogP contribution in [0.3, 0.4) is 0 Å². The van der Waals surface area contributed by atoms with E-state index in [4.69, 9.17) is 9.47 Å². The molecule has 0 radical (unpaired) electrons. The Kier molecular flexibility index (Phi) is 6.50. The fourth-order valence-electron chi connectivity index (χ4n) is 4.22. The topological polar surface area (TPSA) is 67.9 Å². The minimum atomic E-state index is -0.666. The molecule has 158 valence electrons. The van der Waals surface area contributed by atoms with E-state index in [1.807, 2.05) is 30.3 Å². The lowest BCUT2D eigenvalue weighted by molar-refractivity contribution is -0.125. The number of hydrogen-bond donors (Lipinski definition) is 1. The van der Waals surface area contributed by atoms with Gasteiger partial charge in [-0.2, -0.15) is 0 Å². The normalized spacial score (nSPS) is 21.2. The van der Waals surface area contributed by atoms with Crippen molar-refractivity contribution in [2.75, 3.05) is 12.4 Å². The molecule has 1 fully saturated rings. The van der Waals surface area contributed by atoms with Crippen LogP contribution in [0.2, 0.25) is 0 Å². The summed E-state index contributed by atoms with van der Waals surface area (Å²) in [6.07, 6.45) is 8.38. The summed E-state index contributed by atoms with van der Waals surface area (Å²) in [6, 6.07) is 7.23. The molecule has 1 heterocycles. The molecule has 0 bridgehead atoms. The van der Waals surface area contributed by atoms with Gasteiger partial charge in [-0.05, 0) is 51.7 Å². The number of imide groups is 1. The highest BCUT2D eigenvalue weighted by Crippen LogP contribution is 2.35. The van der Waals surface area contributed by atoms with Crippen LogP contribution in [-0.4, -0.2) is 41.7 Å². The zero-order valence-electron chi connectivity index (χ0n) is 17.8. The molecule has 2 amide bonds. The lowest BCUT2D eigenvalue weighted by Crippen LogP contribution is -2.52. The lowest BCUT2D eigenvalue weighted by Gasteiger charge is -2.38. The van der Waals surface area contributed by atoms with Gasteiger partial charge in [0.15, 0.2) is 0 Å². The van der Waals surface area contributed by atoms with Crippen molar-refractivity contribution >= 4 is 17.7 Å². The first-order chi connectivity index (χ1) is 13.8. The van der Waals surface area contributed by atoms with Crippen LogP contribution in [0.1, 0.15) is 52.9 Å². The summed E-state index contributed by atoms with van der Waals surface area (Å²) in [7, 11) is 1.64. The first-order valence-corrected chi connectivity index (χ1v) is 10.4. The molecule has 1 saturated carbocycles. The highest BCUT2D eigenvalue weighted by atomic mass is 16.6. The minimum absolute atomic E-state index is 0.109. The maximum Gasteiger partial charge on any atom is 0.417 e. The van der Waals surface area contributed by atoms with E-state index in [0.717, 1.165) is 37.1 Å². The SMILES string of the molecule is COc1ccccc1N[C@@H](C1CCCCC1)[C@H]1C=CC(=O)N1C(=O)OC(C)(C)C. The molecule has 3 rings (SSSR count). The molecule has 0 aromatic heterocycles. The highest BCUT2D eigenvalue weighted by molar-refractivity contribution is 6.01. The Morgan fingerprint density at radius 2 is 1.86 bits per heavy atom. The molecule has 1 aliphatic heterocycles. The van der Waals surface area contributed by atoms with Crippen molar-refractivity contribution in [3.05, 3.63) is 36.4 Å². The van der Waals surface area contributed by atoms with Crippen LogP contribution in [0.25, 0.3) is 0 Å². The minimum Gasteiger partial charge on any atom is -0.495 e. The first kappa shape index (κ1) is 21.2. The smallest absolute Gasteiger partial charge is 0.417 e. The Morgan fingerprint density at radius 1 is 1.17 bits per heavy atom. The van der Waals surface area contributed by atoms with Crippen molar-refractivity contribution in [2.45, 2.75) is 70.6 Å². The second-order valence-corrected chi connectivity index (χ2v) is 8.81. The van der Waals surface area contributed by atoms with Gasteiger partial charge in [0.1, 0.15) is 11.4 Å². The Balaban J connectivity index is 1.90. The van der Waals surface area contributed by atoms with Gasteiger partial charge in [0, 0.05) is 6.08 Å². The Labute approximate surface area is 173 Å². The Morgan fingerprint density at radius 3 is 2.52 bits per heavy atom. The summed E-state index contributed by atoms with van der Waals surface area (Å²) < 4.78 is 11.0. The van der Waals surface area contributed by atoms with E-state index in [2.05, 4.69) is 5.32 Å². The molecule has 2 atom stereocenters. The number of ether oxygens (including phenoxy) is 2. The van der Waals surface area contributed by atoms with Crippen molar-refractivity contribution in [1.82, 2.24) is 4.90 Å². The molecule has 1 aromatic rings. The number of methoxy groups -OCH3 is 1. The number of rotatable bonds is 5. The molecule has 6 heteroatoms. The predicted octanol–water partition coefficient (Wildman–Crippen LogP) is 4.76. The van der Waals surface area contributed by atoms with Gasteiger partial charge < -0.3 is 14.8 Å². The van der Waals surface area contributed by atoms with E-state index in [9.17, 15) is 9.59 Å². The standard InChI is InChI=1S/C23H32N2O4/c1-23(2,3)29-22(27)25-18(14-15-20(25)26)21(16-10-6-5-7-11-16)24-17-12-8-9-13-19(17)28-4/h8-9,12-16,18,21,24H,5-7,10-11H2,1-4H3/t18-,21+/m1/s1. The van der Waals surface area contributed by atoms with E-state index in [-0.39, 0.29) is 11.9 Å². The summed E-state index contributed by atoms with van der Waals surface area (Å²) >= 11 is 0. The number of amides is 2. The highest BCUT2D eigenvalue weighted by Gasteiger charge is 2.42. The quantitative estimate of drug-likeness (QED) is 0.772. The molecule has 0 saturated heterocycles. The number of carbonyl (C=O) groups excluding carboxylic acids is 2. The number of benzene rings is 1. The number of para-hydroxylation sites is 2. The van der Waals surface area contributed by atoms with Crippen LogP contribution in [0.15, 0.2) is 36.4 Å². The van der Waals surface area contributed by atoms with Gasteiger partial charge in [-0.1, -0.05) is 37.5 Å².